The summed E-state index contributed by atoms with van der Waals surface area (Å²) in [5.74, 6) is 0.654. The number of carbonyl (C=O) groups is 3. The van der Waals surface area contributed by atoms with Gasteiger partial charge in [-0.05, 0) is 142 Å². The van der Waals surface area contributed by atoms with Crippen molar-refractivity contribution in [1.82, 2.24) is 10.3 Å². The molecule has 5 aliphatic carbocycles. The number of Topliss-reactive ketones (excluding diaryl/α,β-unsaturated/α-hetero) is 1. The number of pyridine rings is 1. The largest absolute Gasteiger partial charge is 0.481 e. The van der Waals surface area contributed by atoms with Gasteiger partial charge in [-0.2, -0.15) is 0 Å². The molecule has 51 heavy (non-hydrogen) atoms. The van der Waals surface area contributed by atoms with Crippen molar-refractivity contribution in [1.29, 1.82) is 0 Å². The molecule has 0 saturated heterocycles. The van der Waals surface area contributed by atoms with Crippen LogP contribution in [0.15, 0.2) is 35.7 Å². The standard InChI is InChI=1S/C44H66N2O5/c1-27(2)36-31(47)24-44(21-23-46-28(3)29-12-11-22-45-26-29)20-19-42(9)30(37(36)44)13-14-33-41(8)17-16-34(51-35(48)25-39(4,5)38(49)50)40(6,7)32(41)15-18-43(33,42)10/h11-12,22,26-28,30,32-34,46H,13-21,23-25H2,1-10H3,(H,49,50)/t28-,30+,32-,33+,34-,41-,42+,43+,44+/m0/s1. The molecule has 282 valence electrons. The van der Waals surface area contributed by atoms with Gasteiger partial charge >= 0.3 is 11.9 Å². The molecule has 0 bridgehead atoms. The van der Waals surface area contributed by atoms with E-state index in [9.17, 15) is 19.5 Å². The Morgan fingerprint density at radius 3 is 2.35 bits per heavy atom. The average molecular weight is 703 g/mol. The van der Waals surface area contributed by atoms with E-state index >= 15 is 0 Å². The Balaban J connectivity index is 1.25. The van der Waals surface area contributed by atoms with Crippen molar-refractivity contribution in [3.63, 3.8) is 0 Å². The molecule has 0 unspecified atom stereocenters. The van der Waals surface area contributed by atoms with Crippen molar-refractivity contribution in [3.8, 4) is 0 Å². The lowest BCUT2D eigenvalue weighted by Crippen LogP contribution is -2.65. The first-order valence-corrected chi connectivity index (χ1v) is 20.1. The number of esters is 1. The zero-order valence-electron chi connectivity index (χ0n) is 33.3. The number of carbonyl (C=O) groups excluding carboxylic acids is 2. The number of nitrogens with one attached hydrogen (secondary N) is 1. The fourth-order valence-corrected chi connectivity index (χ4v) is 13.2. The molecule has 0 radical (unpaired) electrons. The number of ether oxygens (including phenoxy) is 1. The molecule has 7 nitrogen and oxygen atoms in total. The lowest BCUT2D eigenvalue weighted by atomic mass is 9.33. The number of allylic oxidation sites excluding steroid dienone is 2. The van der Waals surface area contributed by atoms with Crippen molar-refractivity contribution in [2.24, 2.45) is 56.2 Å². The molecule has 7 heteroatoms. The lowest BCUT2D eigenvalue weighted by Gasteiger charge is -2.72. The van der Waals surface area contributed by atoms with Crippen LogP contribution < -0.4 is 5.32 Å². The maximum Gasteiger partial charge on any atom is 0.309 e. The SMILES string of the molecule is CC(C)C1=C2[C@H]3CC[C@@H]4[C@@]5(C)CC[C@H](OC(=O)CC(C)(C)C(=O)O)C(C)(C)[C@@H]5CC[C@@]4(C)[C@]3(C)CC[C@@]2(CCN[C@@H](C)c2cccnc2)CC1=O. The molecule has 0 amide bonds. The molecule has 9 atom stereocenters. The quantitative estimate of drug-likeness (QED) is 0.234. The van der Waals surface area contributed by atoms with Crippen LogP contribution in [0, 0.1) is 56.2 Å². The molecule has 4 saturated carbocycles. The molecule has 0 aliphatic heterocycles. The minimum Gasteiger partial charge on any atom is -0.481 e. The van der Waals surface area contributed by atoms with Crippen molar-refractivity contribution in [2.75, 3.05) is 6.54 Å². The van der Waals surface area contributed by atoms with E-state index < -0.39 is 17.4 Å². The zero-order valence-corrected chi connectivity index (χ0v) is 33.3. The van der Waals surface area contributed by atoms with Crippen LogP contribution in [0.3, 0.4) is 0 Å². The van der Waals surface area contributed by atoms with Crippen LogP contribution in [-0.2, 0) is 19.1 Å². The highest BCUT2D eigenvalue weighted by Crippen LogP contribution is 2.77. The normalized spacial score (nSPS) is 38.0. The molecule has 1 aromatic rings. The number of hydrogen-bond acceptors (Lipinski definition) is 6. The third-order valence-electron chi connectivity index (χ3n) is 16.2. The van der Waals surface area contributed by atoms with Crippen LogP contribution in [-0.4, -0.2) is 40.5 Å². The second-order valence-corrected chi connectivity index (χ2v) is 19.9. The maximum absolute atomic E-state index is 14.0. The summed E-state index contributed by atoms with van der Waals surface area (Å²) in [6, 6.07) is 4.34. The number of aromatic nitrogens is 1. The van der Waals surface area contributed by atoms with Crippen molar-refractivity contribution >= 4 is 17.7 Å². The number of fused-ring (bicyclic) bond motifs is 7. The monoisotopic (exact) mass is 702 g/mol. The first-order chi connectivity index (χ1) is 23.7. The molecule has 6 rings (SSSR count). The van der Waals surface area contributed by atoms with Gasteiger partial charge in [-0.25, -0.2) is 0 Å². The van der Waals surface area contributed by atoms with E-state index in [2.05, 4.69) is 71.8 Å². The second kappa shape index (κ2) is 13.1. The average Bonchev–Trinajstić information content (AvgIpc) is 3.35. The van der Waals surface area contributed by atoms with Gasteiger partial charge < -0.3 is 15.2 Å². The summed E-state index contributed by atoms with van der Waals surface area (Å²) in [6.45, 7) is 23.1. The summed E-state index contributed by atoms with van der Waals surface area (Å²) in [4.78, 5) is 43.2. The van der Waals surface area contributed by atoms with Crippen molar-refractivity contribution in [3.05, 3.63) is 41.2 Å². The second-order valence-electron chi connectivity index (χ2n) is 19.9. The fraction of sp³-hybridized carbons (Fsp3) is 0.773. The Hall–Kier alpha value is -2.54. The van der Waals surface area contributed by atoms with E-state index in [1.54, 1.807) is 19.4 Å². The summed E-state index contributed by atoms with van der Waals surface area (Å²) < 4.78 is 6.18. The number of nitrogens with zero attached hydrogens (tertiary/aromatic N) is 1. The summed E-state index contributed by atoms with van der Waals surface area (Å²) in [7, 11) is 0. The van der Waals surface area contributed by atoms with Crippen LogP contribution in [0.2, 0.25) is 0 Å². The van der Waals surface area contributed by atoms with Crippen LogP contribution in [0.1, 0.15) is 151 Å². The third-order valence-corrected chi connectivity index (χ3v) is 16.2. The van der Waals surface area contributed by atoms with Gasteiger partial charge in [0.15, 0.2) is 5.78 Å². The van der Waals surface area contributed by atoms with Gasteiger partial charge in [-0.1, -0.05) is 60.1 Å². The van der Waals surface area contributed by atoms with Gasteiger partial charge in [-0.15, -0.1) is 0 Å². The Morgan fingerprint density at radius 1 is 0.980 bits per heavy atom. The van der Waals surface area contributed by atoms with Gasteiger partial charge in [-0.3, -0.25) is 19.4 Å². The topological polar surface area (TPSA) is 106 Å². The molecule has 0 spiro atoms. The molecule has 4 fully saturated rings. The van der Waals surface area contributed by atoms with E-state index in [1.165, 1.54) is 12.0 Å². The van der Waals surface area contributed by atoms with Gasteiger partial charge in [0.2, 0.25) is 0 Å². The number of ketones is 1. The molecule has 5 aliphatic rings. The Labute approximate surface area is 307 Å². The van der Waals surface area contributed by atoms with E-state index in [4.69, 9.17) is 4.74 Å². The zero-order chi connectivity index (χ0) is 37.4. The van der Waals surface area contributed by atoms with E-state index in [0.717, 1.165) is 63.5 Å². The van der Waals surface area contributed by atoms with E-state index in [1.807, 2.05) is 18.5 Å². The predicted octanol–water partition coefficient (Wildman–Crippen LogP) is 9.52. The van der Waals surface area contributed by atoms with Gasteiger partial charge in [0.05, 0.1) is 11.8 Å². The number of carboxylic acids is 1. The molecular weight excluding hydrogens is 636 g/mol. The highest BCUT2D eigenvalue weighted by atomic mass is 16.5. The third kappa shape index (κ3) is 6.04. The molecular formula is C44H66N2O5. The molecule has 2 N–H and O–H groups in total. The van der Waals surface area contributed by atoms with Crippen LogP contribution >= 0.6 is 0 Å². The number of carboxylic acid groups (broad SMARTS) is 1. The Morgan fingerprint density at radius 2 is 1.71 bits per heavy atom. The van der Waals surface area contributed by atoms with Gasteiger partial charge in [0.25, 0.3) is 0 Å². The minimum atomic E-state index is -1.15. The van der Waals surface area contributed by atoms with E-state index in [0.29, 0.717) is 30.0 Å². The number of hydrogen-bond donors (Lipinski definition) is 2. The molecule has 1 heterocycles. The maximum atomic E-state index is 14.0. The predicted molar refractivity (Wildman–Crippen MR) is 201 cm³/mol. The minimum absolute atomic E-state index is 0.0496. The fourth-order valence-electron chi connectivity index (χ4n) is 13.2. The summed E-state index contributed by atoms with van der Waals surface area (Å²) >= 11 is 0. The van der Waals surface area contributed by atoms with Gasteiger partial charge in [0, 0.05) is 35.7 Å². The highest BCUT2D eigenvalue weighted by molar-refractivity contribution is 6.00. The summed E-state index contributed by atoms with van der Waals surface area (Å²) in [5.41, 5.74) is 2.86. The first-order valence-electron chi connectivity index (χ1n) is 20.1. The molecule has 0 aromatic carbocycles. The van der Waals surface area contributed by atoms with Crippen LogP contribution in [0.4, 0.5) is 0 Å². The van der Waals surface area contributed by atoms with Gasteiger partial charge in [0.1, 0.15) is 6.10 Å². The summed E-state index contributed by atoms with van der Waals surface area (Å²) in [5, 5.41) is 13.4. The van der Waals surface area contributed by atoms with E-state index in [-0.39, 0.29) is 51.6 Å². The molecule has 1 aromatic heterocycles. The Bertz CT molecular complexity index is 1560. The lowest BCUT2D eigenvalue weighted by molar-refractivity contribution is -0.233. The van der Waals surface area contributed by atoms with Crippen LogP contribution in [0.25, 0.3) is 0 Å². The first kappa shape index (κ1) is 38.2. The number of aliphatic carboxylic acids is 1. The summed E-state index contributed by atoms with van der Waals surface area (Å²) in [6.07, 6.45) is 13.8. The highest BCUT2D eigenvalue weighted by Gasteiger charge is 2.70. The smallest absolute Gasteiger partial charge is 0.309 e. The number of rotatable bonds is 10. The van der Waals surface area contributed by atoms with Crippen LogP contribution in [0.5, 0.6) is 0 Å². The van der Waals surface area contributed by atoms with Crippen molar-refractivity contribution in [2.45, 2.75) is 152 Å². The Kier molecular flexibility index (Phi) is 9.80. The van der Waals surface area contributed by atoms with Crippen molar-refractivity contribution < 1.29 is 24.2 Å².